The van der Waals surface area contributed by atoms with Crippen molar-refractivity contribution in [2.75, 3.05) is 4.90 Å². The molecule has 7 aromatic rings. The molecule has 0 fully saturated rings. The lowest BCUT2D eigenvalue weighted by Crippen LogP contribution is -2.34. The molecule has 0 unspecified atom stereocenters. The number of rotatable bonds is 4. The Balaban J connectivity index is 1.31. The van der Waals surface area contributed by atoms with Crippen LogP contribution in [0, 0.1) is 6.92 Å². The summed E-state index contributed by atoms with van der Waals surface area (Å²) in [5.41, 5.74) is 24.4. The number of fused-ring (bicyclic) bond motifs is 12. The molecule has 0 aromatic heterocycles. The zero-order valence-corrected chi connectivity index (χ0v) is 34.0. The first-order chi connectivity index (χ1) is 27.7. The van der Waals surface area contributed by atoms with E-state index in [-0.39, 0.29) is 10.8 Å². The second-order valence-electron chi connectivity index (χ2n) is 18.6. The van der Waals surface area contributed by atoms with E-state index in [1.807, 2.05) is 0 Å². The fraction of sp³-hybridized carbons (Fsp3) is 0.250. The summed E-state index contributed by atoms with van der Waals surface area (Å²) >= 11 is 0. The standard InChI is InChI=1S/C56H51N/c1-36-27-30-49-53(55(4,5)32-31-54(49,2)3)52(36)45-34-44-43-23-13-16-26-48(43)56(46-24-14-11-21-41(46)42-22-12-15-25-47(42)56)50(44)35-51(45)57(39-19-7-6-8-20-39)40-29-28-37-17-9-10-18-38(37)33-40/h6-8,11-16,19-30,33-35H,9-10,17-18,31-32H2,1-5H3. The van der Waals surface area contributed by atoms with Crippen LogP contribution in [0.25, 0.3) is 33.4 Å². The fourth-order valence-corrected chi connectivity index (χ4v) is 11.6. The van der Waals surface area contributed by atoms with Crippen LogP contribution >= 0.6 is 0 Å². The quantitative estimate of drug-likeness (QED) is 0.174. The highest BCUT2D eigenvalue weighted by atomic mass is 15.1. The summed E-state index contributed by atoms with van der Waals surface area (Å²) in [6, 6.07) is 56.3. The highest BCUT2D eigenvalue weighted by Crippen LogP contribution is 2.65. The van der Waals surface area contributed by atoms with E-state index in [1.165, 1.54) is 126 Å². The van der Waals surface area contributed by atoms with Crippen LogP contribution in [0.4, 0.5) is 17.1 Å². The number of anilines is 3. The van der Waals surface area contributed by atoms with Crippen molar-refractivity contribution in [2.45, 2.75) is 89.4 Å². The van der Waals surface area contributed by atoms with Crippen molar-refractivity contribution in [3.8, 4) is 33.4 Å². The molecule has 1 heteroatoms. The molecule has 7 aromatic carbocycles. The van der Waals surface area contributed by atoms with Gasteiger partial charge in [-0.2, -0.15) is 0 Å². The maximum atomic E-state index is 2.63. The molecule has 1 nitrogen and oxygen atoms in total. The molecule has 11 rings (SSSR count). The number of aryl methyl sites for hydroxylation is 3. The summed E-state index contributed by atoms with van der Waals surface area (Å²) in [5, 5.41) is 0. The summed E-state index contributed by atoms with van der Waals surface area (Å²) in [7, 11) is 0. The van der Waals surface area contributed by atoms with Crippen molar-refractivity contribution in [1.29, 1.82) is 0 Å². The summed E-state index contributed by atoms with van der Waals surface area (Å²) in [5.74, 6) is 0. The minimum atomic E-state index is -0.434. The summed E-state index contributed by atoms with van der Waals surface area (Å²) in [4.78, 5) is 2.60. The van der Waals surface area contributed by atoms with Gasteiger partial charge in [-0.05, 0) is 171 Å². The van der Waals surface area contributed by atoms with Crippen LogP contribution in [0.1, 0.15) is 103 Å². The Hall–Kier alpha value is -5.66. The van der Waals surface area contributed by atoms with Crippen LogP contribution in [-0.2, 0) is 29.1 Å². The first-order valence-corrected chi connectivity index (χ1v) is 21.3. The van der Waals surface area contributed by atoms with Gasteiger partial charge in [0, 0.05) is 16.9 Å². The van der Waals surface area contributed by atoms with Crippen LogP contribution in [0.15, 0.2) is 146 Å². The van der Waals surface area contributed by atoms with Crippen molar-refractivity contribution in [3.63, 3.8) is 0 Å². The van der Waals surface area contributed by atoms with E-state index in [9.17, 15) is 0 Å². The van der Waals surface area contributed by atoms with Crippen LogP contribution < -0.4 is 4.90 Å². The lowest BCUT2D eigenvalue weighted by molar-refractivity contribution is 0.332. The van der Waals surface area contributed by atoms with Crippen LogP contribution in [-0.4, -0.2) is 0 Å². The molecule has 0 saturated carbocycles. The lowest BCUT2D eigenvalue weighted by atomic mass is 9.61. The number of nitrogens with zero attached hydrogens (tertiary/aromatic N) is 1. The van der Waals surface area contributed by atoms with Gasteiger partial charge < -0.3 is 4.90 Å². The Morgan fingerprint density at radius 1 is 0.439 bits per heavy atom. The molecular weight excluding hydrogens is 687 g/mol. The van der Waals surface area contributed by atoms with E-state index in [1.54, 1.807) is 0 Å². The molecule has 0 bridgehead atoms. The predicted octanol–water partition coefficient (Wildman–Crippen LogP) is 14.7. The van der Waals surface area contributed by atoms with Crippen LogP contribution in [0.5, 0.6) is 0 Å². The molecule has 0 N–H and O–H groups in total. The van der Waals surface area contributed by atoms with E-state index in [0.29, 0.717) is 0 Å². The third-order valence-corrected chi connectivity index (χ3v) is 14.4. The first-order valence-electron chi connectivity index (χ1n) is 21.3. The maximum Gasteiger partial charge on any atom is 0.0726 e. The third-order valence-electron chi connectivity index (χ3n) is 14.4. The minimum absolute atomic E-state index is 0.0222. The SMILES string of the molecule is Cc1ccc2c(c1-c1cc3c(cc1N(c1ccccc1)c1ccc4c(c1)CCCC4)C1(c4ccccc4-c4ccccc41)c1ccccc1-3)C(C)(C)CCC2(C)C. The largest absolute Gasteiger partial charge is 0.310 e. The van der Waals surface area contributed by atoms with Gasteiger partial charge >= 0.3 is 0 Å². The summed E-state index contributed by atoms with van der Waals surface area (Å²) in [6.45, 7) is 12.3. The van der Waals surface area contributed by atoms with E-state index in [2.05, 4.69) is 185 Å². The Bertz CT molecular complexity index is 2720. The second-order valence-corrected chi connectivity index (χ2v) is 18.6. The van der Waals surface area contributed by atoms with Gasteiger partial charge in [0.25, 0.3) is 0 Å². The van der Waals surface area contributed by atoms with E-state index in [0.717, 1.165) is 12.8 Å². The molecule has 0 aliphatic heterocycles. The Labute approximate surface area is 339 Å². The van der Waals surface area contributed by atoms with Gasteiger partial charge in [-0.15, -0.1) is 0 Å². The van der Waals surface area contributed by atoms with Gasteiger partial charge in [0.15, 0.2) is 0 Å². The van der Waals surface area contributed by atoms with Gasteiger partial charge in [0.05, 0.1) is 11.1 Å². The smallest absolute Gasteiger partial charge is 0.0726 e. The molecule has 280 valence electrons. The number of hydrogen-bond donors (Lipinski definition) is 0. The van der Waals surface area contributed by atoms with Gasteiger partial charge in [0.2, 0.25) is 0 Å². The van der Waals surface area contributed by atoms with Crippen molar-refractivity contribution in [2.24, 2.45) is 0 Å². The maximum absolute atomic E-state index is 2.63. The van der Waals surface area contributed by atoms with Crippen molar-refractivity contribution < 1.29 is 0 Å². The molecule has 0 saturated heterocycles. The molecule has 4 aliphatic rings. The average molecular weight is 738 g/mol. The number of hydrogen-bond acceptors (Lipinski definition) is 1. The molecule has 1 spiro atoms. The normalized spacial score (nSPS) is 17.2. The molecule has 0 amide bonds. The minimum Gasteiger partial charge on any atom is -0.310 e. The van der Waals surface area contributed by atoms with E-state index >= 15 is 0 Å². The Kier molecular flexibility index (Phi) is 7.53. The molecule has 57 heavy (non-hydrogen) atoms. The topological polar surface area (TPSA) is 3.24 Å². The van der Waals surface area contributed by atoms with Gasteiger partial charge in [0.1, 0.15) is 0 Å². The summed E-state index contributed by atoms with van der Waals surface area (Å²) in [6.07, 6.45) is 7.20. The van der Waals surface area contributed by atoms with Crippen molar-refractivity contribution in [1.82, 2.24) is 0 Å². The molecule has 0 atom stereocenters. The lowest BCUT2D eigenvalue weighted by Gasteiger charge is -2.44. The second kappa shape index (κ2) is 12.4. The van der Waals surface area contributed by atoms with Crippen LogP contribution in [0.2, 0.25) is 0 Å². The molecule has 4 aliphatic carbocycles. The number of benzene rings is 7. The molecule has 0 heterocycles. The van der Waals surface area contributed by atoms with E-state index in [4.69, 9.17) is 0 Å². The van der Waals surface area contributed by atoms with E-state index < -0.39 is 5.41 Å². The Morgan fingerprint density at radius 3 is 1.68 bits per heavy atom. The van der Waals surface area contributed by atoms with Crippen molar-refractivity contribution >= 4 is 17.1 Å². The summed E-state index contributed by atoms with van der Waals surface area (Å²) < 4.78 is 0. The monoisotopic (exact) mass is 737 g/mol. The Morgan fingerprint density at radius 2 is 1.02 bits per heavy atom. The van der Waals surface area contributed by atoms with Gasteiger partial charge in [-0.3, -0.25) is 0 Å². The zero-order chi connectivity index (χ0) is 38.7. The predicted molar refractivity (Wildman–Crippen MR) is 240 cm³/mol. The molecule has 0 radical (unpaired) electrons. The third kappa shape index (κ3) is 4.87. The van der Waals surface area contributed by atoms with Gasteiger partial charge in [-0.1, -0.05) is 137 Å². The van der Waals surface area contributed by atoms with Crippen molar-refractivity contribution in [3.05, 3.63) is 196 Å². The average Bonchev–Trinajstić information content (AvgIpc) is 3.69. The first kappa shape index (κ1) is 34.6. The van der Waals surface area contributed by atoms with Crippen LogP contribution in [0.3, 0.4) is 0 Å². The fourth-order valence-electron chi connectivity index (χ4n) is 11.6. The zero-order valence-electron chi connectivity index (χ0n) is 34.0. The number of para-hydroxylation sites is 1. The molecular formula is C56H51N. The highest BCUT2D eigenvalue weighted by molar-refractivity contribution is 6.01. The highest BCUT2D eigenvalue weighted by Gasteiger charge is 2.52. The van der Waals surface area contributed by atoms with Gasteiger partial charge in [-0.25, -0.2) is 0 Å².